The number of hydrogen-bond donors (Lipinski definition) is 4. The largest absolute Gasteiger partial charge is 0.508 e. The van der Waals surface area contributed by atoms with Crippen molar-refractivity contribution in [3.05, 3.63) is 58.7 Å². The van der Waals surface area contributed by atoms with E-state index in [0.717, 1.165) is 11.1 Å². The standard InChI is InChI=1S/C15H16O4/c16-8-12-10(3-1-5-14(12)18)7-11-4-2-6-15(19)13(11)9-17/h1-6,16-19H,7-9H2. The number of benzene rings is 2. The molecule has 2 rings (SSSR count). The van der Waals surface area contributed by atoms with E-state index in [4.69, 9.17) is 0 Å². The molecule has 2 aromatic rings. The summed E-state index contributed by atoms with van der Waals surface area (Å²) in [6, 6.07) is 10.0. The quantitative estimate of drug-likeness (QED) is 0.674. The van der Waals surface area contributed by atoms with Gasteiger partial charge in [0.2, 0.25) is 0 Å². The molecule has 0 unspecified atom stereocenters. The van der Waals surface area contributed by atoms with Crippen LogP contribution in [0, 0.1) is 0 Å². The predicted molar refractivity (Wildman–Crippen MR) is 70.9 cm³/mol. The van der Waals surface area contributed by atoms with Crippen molar-refractivity contribution in [3.63, 3.8) is 0 Å². The van der Waals surface area contributed by atoms with E-state index >= 15 is 0 Å². The lowest BCUT2D eigenvalue weighted by Gasteiger charge is -2.12. The first kappa shape index (κ1) is 13.4. The first-order valence-corrected chi connectivity index (χ1v) is 5.98. The zero-order valence-corrected chi connectivity index (χ0v) is 10.4. The van der Waals surface area contributed by atoms with Gasteiger partial charge in [0.1, 0.15) is 11.5 Å². The molecule has 0 saturated carbocycles. The van der Waals surface area contributed by atoms with Gasteiger partial charge in [-0.05, 0) is 29.7 Å². The second-order valence-electron chi connectivity index (χ2n) is 4.32. The average Bonchev–Trinajstić information content (AvgIpc) is 2.39. The Hall–Kier alpha value is -2.04. The fourth-order valence-electron chi connectivity index (χ4n) is 2.14. The molecule has 0 aliphatic carbocycles. The minimum absolute atomic E-state index is 0.0469. The highest BCUT2D eigenvalue weighted by Gasteiger charge is 2.11. The monoisotopic (exact) mass is 260 g/mol. The van der Waals surface area contributed by atoms with Crippen molar-refractivity contribution in [2.45, 2.75) is 19.6 Å². The van der Waals surface area contributed by atoms with E-state index in [1.165, 1.54) is 12.1 Å². The first-order valence-electron chi connectivity index (χ1n) is 5.98. The fourth-order valence-corrected chi connectivity index (χ4v) is 2.14. The first-order chi connectivity index (χ1) is 9.17. The summed E-state index contributed by atoms with van der Waals surface area (Å²) >= 11 is 0. The number of aromatic hydroxyl groups is 2. The molecule has 0 aromatic heterocycles. The molecule has 19 heavy (non-hydrogen) atoms. The van der Waals surface area contributed by atoms with Crippen LogP contribution in [0.2, 0.25) is 0 Å². The van der Waals surface area contributed by atoms with Gasteiger partial charge in [0.25, 0.3) is 0 Å². The molecule has 0 heterocycles. The molecule has 0 atom stereocenters. The van der Waals surface area contributed by atoms with Gasteiger partial charge in [-0.25, -0.2) is 0 Å². The topological polar surface area (TPSA) is 80.9 Å². The van der Waals surface area contributed by atoms with Crippen molar-refractivity contribution in [1.29, 1.82) is 0 Å². The van der Waals surface area contributed by atoms with Crippen LogP contribution in [-0.2, 0) is 19.6 Å². The van der Waals surface area contributed by atoms with E-state index in [9.17, 15) is 20.4 Å². The van der Waals surface area contributed by atoms with Gasteiger partial charge < -0.3 is 20.4 Å². The van der Waals surface area contributed by atoms with Crippen LogP contribution in [0.15, 0.2) is 36.4 Å². The number of hydrogen-bond acceptors (Lipinski definition) is 4. The van der Waals surface area contributed by atoms with E-state index in [1.807, 2.05) is 0 Å². The molecule has 100 valence electrons. The molecule has 0 amide bonds. The Morgan fingerprint density at radius 2 is 1.11 bits per heavy atom. The number of aliphatic hydroxyl groups is 2. The van der Waals surface area contributed by atoms with E-state index in [2.05, 4.69) is 0 Å². The molecular weight excluding hydrogens is 244 g/mol. The summed E-state index contributed by atoms with van der Waals surface area (Å²) in [6.07, 6.45) is 0.425. The highest BCUT2D eigenvalue weighted by molar-refractivity contribution is 5.45. The third-order valence-electron chi connectivity index (χ3n) is 3.19. The van der Waals surface area contributed by atoms with Crippen LogP contribution >= 0.6 is 0 Å². The zero-order valence-electron chi connectivity index (χ0n) is 10.4. The molecule has 0 spiro atoms. The van der Waals surface area contributed by atoms with Gasteiger partial charge in [0.15, 0.2) is 0 Å². The average molecular weight is 260 g/mol. The van der Waals surface area contributed by atoms with E-state index in [1.54, 1.807) is 24.3 Å². The fraction of sp³-hybridized carbons (Fsp3) is 0.200. The number of rotatable bonds is 4. The van der Waals surface area contributed by atoms with Crippen LogP contribution in [0.3, 0.4) is 0 Å². The molecule has 0 fully saturated rings. The third-order valence-corrected chi connectivity index (χ3v) is 3.19. The van der Waals surface area contributed by atoms with Gasteiger partial charge in [0, 0.05) is 11.1 Å². The molecule has 0 saturated heterocycles. The summed E-state index contributed by atoms with van der Waals surface area (Å²) in [7, 11) is 0. The van der Waals surface area contributed by atoms with Crippen molar-refractivity contribution in [1.82, 2.24) is 0 Å². The normalized spacial score (nSPS) is 10.6. The van der Waals surface area contributed by atoms with E-state index < -0.39 is 0 Å². The Bertz CT molecular complexity index is 527. The zero-order chi connectivity index (χ0) is 13.8. The third kappa shape index (κ3) is 2.70. The molecule has 0 aliphatic rings. The highest BCUT2D eigenvalue weighted by atomic mass is 16.3. The van der Waals surface area contributed by atoms with Crippen molar-refractivity contribution in [2.24, 2.45) is 0 Å². The Kier molecular flexibility index (Phi) is 4.04. The van der Waals surface area contributed by atoms with Crippen molar-refractivity contribution in [3.8, 4) is 11.5 Å². The summed E-state index contributed by atoms with van der Waals surface area (Å²) < 4.78 is 0. The SMILES string of the molecule is OCc1c(O)cccc1Cc1cccc(O)c1CO. The van der Waals surface area contributed by atoms with Gasteiger partial charge in [-0.3, -0.25) is 0 Å². The van der Waals surface area contributed by atoms with Crippen LogP contribution in [0.4, 0.5) is 0 Å². The minimum Gasteiger partial charge on any atom is -0.508 e. The van der Waals surface area contributed by atoms with Gasteiger partial charge >= 0.3 is 0 Å². The maximum atomic E-state index is 9.69. The maximum absolute atomic E-state index is 9.69. The lowest BCUT2D eigenvalue weighted by atomic mass is 9.96. The Labute approximate surface area is 111 Å². The molecule has 4 heteroatoms. The van der Waals surface area contributed by atoms with Gasteiger partial charge in [-0.2, -0.15) is 0 Å². The lowest BCUT2D eigenvalue weighted by molar-refractivity contribution is 0.273. The number of aliphatic hydroxyl groups excluding tert-OH is 2. The second kappa shape index (κ2) is 5.73. The Morgan fingerprint density at radius 1 is 0.684 bits per heavy atom. The smallest absolute Gasteiger partial charge is 0.121 e. The molecule has 0 radical (unpaired) electrons. The lowest BCUT2D eigenvalue weighted by Crippen LogP contribution is -2.00. The summed E-state index contributed by atoms with van der Waals surface area (Å²) in [5.41, 5.74) is 2.47. The Balaban J connectivity index is 2.42. The summed E-state index contributed by atoms with van der Waals surface area (Å²) in [5, 5.41) is 38.0. The molecule has 2 aromatic carbocycles. The van der Waals surface area contributed by atoms with E-state index in [-0.39, 0.29) is 24.7 Å². The van der Waals surface area contributed by atoms with Crippen molar-refractivity contribution >= 4 is 0 Å². The summed E-state index contributed by atoms with van der Waals surface area (Å²) in [5.74, 6) is 0.0939. The van der Waals surface area contributed by atoms with Crippen molar-refractivity contribution in [2.75, 3.05) is 0 Å². The molecule has 4 N–H and O–H groups in total. The Morgan fingerprint density at radius 3 is 1.47 bits per heavy atom. The predicted octanol–water partition coefficient (Wildman–Crippen LogP) is 1.67. The summed E-state index contributed by atoms with van der Waals surface area (Å²) in [4.78, 5) is 0. The molecule has 4 nitrogen and oxygen atoms in total. The maximum Gasteiger partial charge on any atom is 0.121 e. The van der Waals surface area contributed by atoms with Crippen LogP contribution < -0.4 is 0 Å². The van der Waals surface area contributed by atoms with Gasteiger partial charge in [-0.15, -0.1) is 0 Å². The minimum atomic E-state index is -0.255. The van der Waals surface area contributed by atoms with Gasteiger partial charge in [0.05, 0.1) is 13.2 Å². The van der Waals surface area contributed by atoms with Crippen molar-refractivity contribution < 1.29 is 20.4 Å². The van der Waals surface area contributed by atoms with Crippen LogP contribution in [0.25, 0.3) is 0 Å². The van der Waals surface area contributed by atoms with E-state index in [0.29, 0.717) is 17.5 Å². The van der Waals surface area contributed by atoms with Crippen LogP contribution in [0.5, 0.6) is 11.5 Å². The second-order valence-corrected chi connectivity index (χ2v) is 4.32. The molecule has 0 bridgehead atoms. The van der Waals surface area contributed by atoms with Gasteiger partial charge in [-0.1, -0.05) is 24.3 Å². The summed E-state index contributed by atoms with van der Waals surface area (Å²) in [6.45, 7) is -0.509. The number of phenols is 2. The molecular formula is C15H16O4. The highest BCUT2D eigenvalue weighted by Crippen LogP contribution is 2.27. The molecule has 0 aliphatic heterocycles. The van der Waals surface area contributed by atoms with Crippen LogP contribution in [-0.4, -0.2) is 20.4 Å². The van der Waals surface area contributed by atoms with Crippen LogP contribution in [0.1, 0.15) is 22.3 Å².